The molecule has 0 bridgehead atoms. The number of carbonyl (C=O) groups excluding carboxylic acids is 2. The Hall–Kier alpha value is -3.04. The van der Waals surface area contributed by atoms with Gasteiger partial charge in [-0.1, -0.05) is 5.92 Å². The van der Waals surface area contributed by atoms with Crippen LogP contribution in [0.2, 0.25) is 0 Å². The van der Waals surface area contributed by atoms with Gasteiger partial charge in [0.2, 0.25) is 20.0 Å². The van der Waals surface area contributed by atoms with Crippen LogP contribution in [0.5, 0.6) is 0 Å². The number of nitrogens with one attached hydrogen (secondary N) is 1. The molecule has 0 aromatic heterocycles. The third-order valence-electron chi connectivity index (χ3n) is 4.98. The maximum absolute atomic E-state index is 12.5. The number of nitrogens with zero attached hydrogens (tertiary/aromatic N) is 1. The Morgan fingerprint density at radius 1 is 0.909 bits per heavy atom. The van der Waals surface area contributed by atoms with Crippen molar-refractivity contribution in [1.82, 2.24) is 9.03 Å². The van der Waals surface area contributed by atoms with Crippen molar-refractivity contribution in [2.75, 3.05) is 26.2 Å². The summed E-state index contributed by atoms with van der Waals surface area (Å²) in [5.41, 5.74) is 0.259. The van der Waals surface area contributed by atoms with Crippen LogP contribution >= 0.6 is 0 Å². The summed E-state index contributed by atoms with van der Waals surface area (Å²) >= 11 is 0. The van der Waals surface area contributed by atoms with Crippen molar-refractivity contribution in [3.8, 4) is 12.3 Å². The van der Waals surface area contributed by atoms with Gasteiger partial charge in [0.15, 0.2) is 12.4 Å². The average molecular weight is 491 g/mol. The van der Waals surface area contributed by atoms with Crippen molar-refractivity contribution in [2.24, 2.45) is 0 Å². The van der Waals surface area contributed by atoms with E-state index >= 15 is 0 Å². The van der Waals surface area contributed by atoms with Crippen LogP contribution in [0.25, 0.3) is 0 Å². The lowest BCUT2D eigenvalue weighted by Crippen LogP contribution is -2.27. The molecule has 1 N–H and O–H groups in total. The Morgan fingerprint density at radius 3 is 2.03 bits per heavy atom. The molecular weight excluding hydrogens is 468 g/mol. The first-order valence-corrected chi connectivity index (χ1v) is 12.9. The van der Waals surface area contributed by atoms with Gasteiger partial charge in [0.1, 0.15) is 0 Å². The summed E-state index contributed by atoms with van der Waals surface area (Å²) in [6, 6.07) is 10.4. The van der Waals surface area contributed by atoms with E-state index in [9.17, 15) is 26.4 Å². The number of hydrogen-bond donors (Lipinski definition) is 1. The summed E-state index contributed by atoms with van der Waals surface area (Å²) in [6.45, 7) is 0.237. The van der Waals surface area contributed by atoms with E-state index in [2.05, 4.69) is 10.6 Å². The summed E-state index contributed by atoms with van der Waals surface area (Å²) in [5, 5.41) is 0. The lowest BCUT2D eigenvalue weighted by atomic mass is 10.1. The van der Waals surface area contributed by atoms with Crippen LogP contribution in [0.1, 0.15) is 33.6 Å². The predicted molar refractivity (Wildman–Crippen MR) is 120 cm³/mol. The molecule has 1 saturated heterocycles. The average Bonchev–Trinajstić information content (AvgIpc) is 3.37. The molecule has 0 amide bonds. The first kappa shape index (κ1) is 24.6. The number of terminal acetylenes is 1. The van der Waals surface area contributed by atoms with Crippen molar-refractivity contribution in [1.29, 1.82) is 0 Å². The smallest absolute Gasteiger partial charge is 0.338 e. The Bertz CT molecular complexity index is 1270. The van der Waals surface area contributed by atoms with E-state index in [0.717, 1.165) is 12.8 Å². The van der Waals surface area contributed by atoms with Gasteiger partial charge in [-0.25, -0.2) is 21.6 Å². The minimum atomic E-state index is -3.79. The largest absolute Gasteiger partial charge is 0.454 e. The van der Waals surface area contributed by atoms with Crippen LogP contribution in [0.15, 0.2) is 58.3 Å². The van der Waals surface area contributed by atoms with Gasteiger partial charge in [-0.15, -0.1) is 6.42 Å². The molecule has 1 fully saturated rings. The second-order valence-corrected chi connectivity index (χ2v) is 10.9. The number of esters is 1. The minimum Gasteiger partial charge on any atom is -0.454 e. The van der Waals surface area contributed by atoms with Gasteiger partial charge in [0.05, 0.1) is 21.9 Å². The van der Waals surface area contributed by atoms with Crippen molar-refractivity contribution in [3.63, 3.8) is 0 Å². The molecule has 0 spiro atoms. The second-order valence-electron chi connectivity index (χ2n) is 7.19. The highest BCUT2D eigenvalue weighted by molar-refractivity contribution is 7.89. The molecule has 1 aliphatic rings. The fourth-order valence-electron chi connectivity index (χ4n) is 3.18. The van der Waals surface area contributed by atoms with Gasteiger partial charge >= 0.3 is 5.97 Å². The van der Waals surface area contributed by atoms with Crippen LogP contribution < -0.4 is 4.72 Å². The molecule has 3 rings (SSSR count). The third kappa shape index (κ3) is 5.85. The Kier molecular flexibility index (Phi) is 7.65. The highest BCUT2D eigenvalue weighted by atomic mass is 32.2. The van der Waals surface area contributed by atoms with Crippen molar-refractivity contribution >= 4 is 31.8 Å². The van der Waals surface area contributed by atoms with E-state index in [0.29, 0.717) is 13.1 Å². The first-order chi connectivity index (χ1) is 15.6. The lowest BCUT2D eigenvalue weighted by molar-refractivity contribution is 0.0474. The third-order valence-corrected chi connectivity index (χ3v) is 8.31. The highest BCUT2D eigenvalue weighted by Crippen LogP contribution is 2.21. The Labute approximate surface area is 192 Å². The van der Waals surface area contributed by atoms with E-state index in [1.165, 1.54) is 52.8 Å². The minimum absolute atomic E-state index is 0.0609. The van der Waals surface area contributed by atoms with Gasteiger partial charge in [-0.2, -0.15) is 9.03 Å². The van der Waals surface area contributed by atoms with E-state index < -0.39 is 38.4 Å². The number of benzene rings is 2. The number of ether oxygens (including phenoxy) is 1. The quantitative estimate of drug-likeness (QED) is 0.320. The SMILES string of the molecule is C#CCNS(=O)(=O)c1ccc(C(=O)OCC(=O)c2ccc(S(=O)(=O)N3CCCC3)cc2)cc1. The fourth-order valence-corrected chi connectivity index (χ4v) is 5.63. The van der Waals surface area contributed by atoms with Crippen LogP contribution in [0.3, 0.4) is 0 Å². The zero-order valence-corrected chi connectivity index (χ0v) is 19.2. The second kappa shape index (κ2) is 10.3. The summed E-state index contributed by atoms with van der Waals surface area (Å²) in [5.74, 6) is 0.842. The monoisotopic (exact) mass is 490 g/mol. The van der Waals surface area contributed by atoms with Gasteiger partial charge in [-0.3, -0.25) is 4.79 Å². The van der Waals surface area contributed by atoms with Crippen LogP contribution in [-0.4, -0.2) is 59.1 Å². The molecule has 0 aliphatic carbocycles. The number of hydrogen-bond acceptors (Lipinski definition) is 7. The molecular formula is C22H22N2O7S2. The molecule has 2 aromatic carbocycles. The number of sulfonamides is 2. The number of carbonyl (C=O) groups is 2. The predicted octanol–water partition coefficient (Wildman–Crippen LogP) is 1.42. The first-order valence-electron chi connectivity index (χ1n) is 9.99. The van der Waals surface area contributed by atoms with Gasteiger partial charge in [0.25, 0.3) is 0 Å². The molecule has 1 aliphatic heterocycles. The Morgan fingerprint density at radius 2 is 1.45 bits per heavy atom. The number of ketones is 1. The van der Waals surface area contributed by atoms with Crippen molar-refractivity contribution < 1.29 is 31.2 Å². The van der Waals surface area contributed by atoms with E-state index in [1.54, 1.807) is 0 Å². The van der Waals surface area contributed by atoms with E-state index in [-0.39, 0.29) is 27.5 Å². The maximum atomic E-state index is 12.5. The Balaban J connectivity index is 1.59. The van der Waals surface area contributed by atoms with E-state index in [1.807, 2.05) is 0 Å². The molecule has 0 unspecified atom stereocenters. The highest BCUT2D eigenvalue weighted by Gasteiger charge is 2.27. The molecule has 0 saturated carbocycles. The summed E-state index contributed by atoms with van der Waals surface area (Å²) in [6.07, 6.45) is 6.68. The van der Waals surface area contributed by atoms with Crippen molar-refractivity contribution in [3.05, 3.63) is 59.7 Å². The number of Topliss-reactive ketones (excluding diaryl/α,β-unsaturated/α-hetero) is 1. The number of rotatable bonds is 9. The normalized spacial score (nSPS) is 14.5. The van der Waals surface area contributed by atoms with Crippen LogP contribution in [0.4, 0.5) is 0 Å². The topological polar surface area (TPSA) is 127 Å². The summed E-state index contributed by atoms with van der Waals surface area (Å²) in [4.78, 5) is 24.6. The van der Waals surface area contributed by atoms with Gasteiger partial charge < -0.3 is 4.74 Å². The maximum Gasteiger partial charge on any atom is 0.338 e. The molecule has 9 nitrogen and oxygen atoms in total. The fraction of sp³-hybridized carbons (Fsp3) is 0.273. The van der Waals surface area contributed by atoms with Crippen LogP contribution in [0, 0.1) is 12.3 Å². The zero-order chi connectivity index (χ0) is 24.1. The van der Waals surface area contributed by atoms with Gasteiger partial charge in [-0.05, 0) is 61.4 Å². The van der Waals surface area contributed by atoms with Crippen LogP contribution in [-0.2, 0) is 24.8 Å². The molecule has 2 aromatic rings. The summed E-state index contributed by atoms with van der Waals surface area (Å²) < 4.78 is 57.7. The molecule has 1 heterocycles. The lowest BCUT2D eigenvalue weighted by Gasteiger charge is -2.15. The van der Waals surface area contributed by atoms with E-state index in [4.69, 9.17) is 11.2 Å². The molecule has 174 valence electrons. The molecule has 0 radical (unpaired) electrons. The standard InChI is InChI=1S/C22H22N2O7S2/c1-2-13-23-32(27,28)19-9-7-18(8-10-19)22(26)31-16-21(25)17-5-11-20(12-6-17)33(29,30)24-14-3-4-15-24/h1,5-12,23H,3-4,13-16H2. The summed E-state index contributed by atoms with van der Waals surface area (Å²) in [7, 11) is -7.37. The van der Waals surface area contributed by atoms with Crippen molar-refractivity contribution in [2.45, 2.75) is 22.6 Å². The zero-order valence-electron chi connectivity index (χ0n) is 17.6. The van der Waals surface area contributed by atoms with Gasteiger partial charge in [0, 0.05) is 18.7 Å². The molecule has 11 heteroatoms. The molecule has 33 heavy (non-hydrogen) atoms. The molecule has 0 atom stereocenters.